The fourth-order valence-corrected chi connectivity index (χ4v) is 2.18. The molecule has 18 heavy (non-hydrogen) atoms. The Labute approximate surface area is 109 Å². The minimum Gasteiger partial charge on any atom is -0.394 e. The van der Waals surface area contributed by atoms with Gasteiger partial charge in [0.2, 0.25) is 0 Å². The first-order valence-corrected chi connectivity index (χ1v) is 5.89. The fourth-order valence-electron chi connectivity index (χ4n) is 1.81. The number of aliphatic hydroxyl groups excluding tert-OH is 3. The number of H-pyrrole nitrogens is 1. The van der Waals surface area contributed by atoms with Gasteiger partial charge in [0.15, 0.2) is 6.23 Å². The minimum absolute atomic E-state index is 0.195. The summed E-state index contributed by atoms with van der Waals surface area (Å²) in [6, 6.07) is 1.09. The lowest BCUT2D eigenvalue weighted by atomic mass is 10.1. The van der Waals surface area contributed by atoms with E-state index in [4.69, 9.17) is 9.84 Å². The average molecular weight is 323 g/mol. The van der Waals surface area contributed by atoms with Gasteiger partial charge < -0.3 is 25.0 Å². The number of ether oxygens (including phenoxy) is 1. The summed E-state index contributed by atoms with van der Waals surface area (Å²) in [5, 5.41) is 28.2. The molecule has 1 aliphatic heterocycles. The molecule has 0 aliphatic carbocycles. The topological polar surface area (TPSA) is 125 Å². The summed E-state index contributed by atoms with van der Waals surface area (Å²) < 4.78 is 5.94. The Bertz CT molecular complexity index is 523. The Kier molecular flexibility index (Phi) is 3.69. The van der Waals surface area contributed by atoms with E-state index in [0.717, 1.165) is 6.07 Å². The third kappa shape index (κ3) is 2.15. The standard InChI is InChI=1S/C9H11BrN2O6/c10-4-1-5(14)12(9(17)11-4)8-7(16)6(15)3(2-13)18-8/h1,3,6-8,13,15-16H,2H2,(H,11,17)/t3-,6-,7-,8-/m1/s1. The lowest BCUT2D eigenvalue weighted by Crippen LogP contribution is -2.42. The molecule has 0 amide bonds. The van der Waals surface area contributed by atoms with Crippen molar-refractivity contribution in [3.05, 3.63) is 31.5 Å². The van der Waals surface area contributed by atoms with Crippen LogP contribution in [0.15, 0.2) is 20.3 Å². The number of aromatic nitrogens is 2. The highest BCUT2D eigenvalue weighted by Gasteiger charge is 2.44. The first-order chi connectivity index (χ1) is 8.45. The Morgan fingerprint density at radius 1 is 1.39 bits per heavy atom. The van der Waals surface area contributed by atoms with Crippen molar-refractivity contribution in [1.29, 1.82) is 0 Å². The smallest absolute Gasteiger partial charge is 0.331 e. The number of nitrogens with one attached hydrogen (secondary N) is 1. The van der Waals surface area contributed by atoms with E-state index in [1.807, 2.05) is 0 Å². The first kappa shape index (κ1) is 13.4. The molecule has 1 aliphatic rings. The molecule has 4 atom stereocenters. The lowest BCUT2D eigenvalue weighted by molar-refractivity contribution is -0.0565. The molecule has 0 spiro atoms. The lowest BCUT2D eigenvalue weighted by Gasteiger charge is -2.16. The molecule has 100 valence electrons. The molecule has 1 aromatic rings. The first-order valence-electron chi connectivity index (χ1n) is 5.09. The van der Waals surface area contributed by atoms with E-state index in [1.165, 1.54) is 0 Å². The van der Waals surface area contributed by atoms with E-state index in [1.54, 1.807) is 0 Å². The van der Waals surface area contributed by atoms with Crippen LogP contribution < -0.4 is 11.2 Å². The van der Waals surface area contributed by atoms with E-state index < -0.39 is 42.4 Å². The molecule has 0 unspecified atom stereocenters. The highest BCUT2D eigenvalue weighted by Crippen LogP contribution is 2.27. The maximum Gasteiger partial charge on any atom is 0.331 e. The molecule has 0 saturated carbocycles. The monoisotopic (exact) mass is 322 g/mol. The normalized spacial score (nSPS) is 31.8. The predicted molar refractivity (Wildman–Crippen MR) is 62.0 cm³/mol. The van der Waals surface area contributed by atoms with Gasteiger partial charge in [0.1, 0.15) is 18.3 Å². The third-order valence-electron chi connectivity index (χ3n) is 2.70. The van der Waals surface area contributed by atoms with Gasteiger partial charge >= 0.3 is 5.69 Å². The van der Waals surface area contributed by atoms with Crippen LogP contribution in [0, 0.1) is 0 Å². The maximum atomic E-state index is 11.7. The number of rotatable bonds is 2. The average Bonchev–Trinajstić information content (AvgIpc) is 2.56. The van der Waals surface area contributed by atoms with E-state index >= 15 is 0 Å². The fraction of sp³-hybridized carbons (Fsp3) is 0.556. The zero-order valence-electron chi connectivity index (χ0n) is 8.99. The number of hydrogen-bond donors (Lipinski definition) is 4. The Morgan fingerprint density at radius 2 is 2.06 bits per heavy atom. The molecule has 0 radical (unpaired) electrons. The number of halogens is 1. The molecule has 0 bridgehead atoms. The van der Waals surface area contributed by atoms with Crippen LogP contribution in [-0.4, -0.2) is 49.8 Å². The molecular weight excluding hydrogens is 312 g/mol. The van der Waals surface area contributed by atoms with Crippen molar-refractivity contribution in [2.75, 3.05) is 6.61 Å². The van der Waals surface area contributed by atoms with Crippen LogP contribution in [0.1, 0.15) is 6.23 Å². The number of nitrogens with zero attached hydrogens (tertiary/aromatic N) is 1. The number of aliphatic hydroxyl groups is 3. The van der Waals surface area contributed by atoms with Gasteiger partial charge in [-0.15, -0.1) is 0 Å². The zero-order valence-corrected chi connectivity index (χ0v) is 10.6. The quantitative estimate of drug-likeness (QED) is 0.463. The van der Waals surface area contributed by atoms with Crippen LogP contribution in [0.25, 0.3) is 0 Å². The molecule has 1 aromatic heterocycles. The Balaban J connectivity index is 2.45. The molecule has 4 N–H and O–H groups in total. The highest BCUT2D eigenvalue weighted by atomic mass is 79.9. The van der Waals surface area contributed by atoms with Gasteiger partial charge in [-0.25, -0.2) is 9.36 Å². The second-order valence-electron chi connectivity index (χ2n) is 3.86. The van der Waals surface area contributed by atoms with Gasteiger partial charge in [-0.2, -0.15) is 0 Å². The predicted octanol–water partition coefficient (Wildman–Crippen LogP) is -2.09. The highest BCUT2D eigenvalue weighted by molar-refractivity contribution is 9.10. The summed E-state index contributed by atoms with van der Waals surface area (Å²) >= 11 is 2.95. The van der Waals surface area contributed by atoms with Crippen molar-refractivity contribution in [3.8, 4) is 0 Å². The van der Waals surface area contributed by atoms with E-state index in [-0.39, 0.29) is 4.60 Å². The number of hydrogen-bond acceptors (Lipinski definition) is 6. The van der Waals surface area contributed by atoms with Crippen molar-refractivity contribution in [2.24, 2.45) is 0 Å². The van der Waals surface area contributed by atoms with Crippen molar-refractivity contribution >= 4 is 15.9 Å². The van der Waals surface area contributed by atoms with Crippen molar-refractivity contribution in [1.82, 2.24) is 9.55 Å². The Hall–Kier alpha value is -1.00. The van der Waals surface area contributed by atoms with Crippen LogP contribution >= 0.6 is 15.9 Å². The van der Waals surface area contributed by atoms with Gasteiger partial charge in [0, 0.05) is 6.07 Å². The van der Waals surface area contributed by atoms with Gasteiger partial charge in [0.05, 0.1) is 11.2 Å². The Morgan fingerprint density at radius 3 is 2.56 bits per heavy atom. The molecule has 1 fully saturated rings. The molecule has 0 aromatic carbocycles. The molecule has 8 nitrogen and oxygen atoms in total. The molecular formula is C9H11BrN2O6. The largest absolute Gasteiger partial charge is 0.394 e. The van der Waals surface area contributed by atoms with E-state index in [9.17, 15) is 19.8 Å². The third-order valence-corrected chi connectivity index (χ3v) is 3.13. The van der Waals surface area contributed by atoms with Crippen LogP contribution in [0.4, 0.5) is 0 Å². The summed E-state index contributed by atoms with van der Waals surface area (Å²) in [5.41, 5.74) is -1.48. The number of aromatic amines is 1. The van der Waals surface area contributed by atoms with Crippen LogP contribution in [0.2, 0.25) is 0 Å². The molecule has 2 rings (SSSR count). The van der Waals surface area contributed by atoms with E-state index in [2.05, 4.69) is 20.9 Å². The van der Waals surface area contributed by atoms with Crippen molar-refractivity contribution in [2.45, 2.75) is 24.5 Å². The van der Waals surface area contributed by atoms with Crippen molar-refractivity contribution in [3.63, 3.8) is 0 Å². The van der Waals surface area contributed by atoms with Gasteiger partial charge in [0.25, 0.3) is 5.56 Å². The van der Waals surface area contributed by atoms with E-state index in [0.29, 0.717) is 4.57 Å². The summed E-state index contributed by atoms with van der Waals surface area (Å²) in [6.07, 6.45) is -5.21. The summed E-state index contributed by atoms with van der Waals surface area (Å²) in [7, 11) is 0. The van der Waals surface area contributed by atoms with Crippen LogP contribution in [-0.2, 0) is 4.74 Å². The summed E-state index contributed by atoms with van der Waals surface area (Å²) in [4.78, 5) is 25.6. The maximum absolute atomic E-state index is 11.7. The second-order valence-corrected chi connectivity index (χ2v) is 4.71. The van der Waals surface area contributed by atoms with Gasteiger partial charge in [-0.3, -0.25) is 4.79 Å². The zero-order chi connectivity index (χ0) is 13.4. The molecule has 2 heterocycles. The van der Waals surface area contributed by atoms with Gasteiger partial charge in [-0.05, 0) is 15.9 Å². The summed E-state index contributed by atoms with van der Waals surface area (Å²) in [5.74, 6) is 0. The van der Waals surface area contributed by atoms with Crippen LogP contribution in [0.3, 0.4) is 0 Å². The molecule has 9 heteroatoms. The van der Waals surface area contributed by atoms with Crippen molar-refractivity contribution < 1.29 is 20.1 Å². The summed E-state index contributed by atoms with van der Waals surface area (Å²) in [6.45, 7) is -0.530. The second kappa shape index (κ2) is 4.94. The molecule has 1 saturated heterocycles. The van der Waals surface area contributed by atoms with Gasteiger partial charge in [-0.1, -0.05) is 0 Å². The van der Waals surface area contributed by atoms with Crippen LogP contribution in [0.5, 0.6) is 0 Å². The minimum atomic E-state index is -1.47. The SMILES string of the molecule is O=c1cc(Br)[nH]c(=O)n1[C@@H]1O[C@H](CO)[C@@H](O)[C@H]1O.